The Morgan fingerprint density at radius 2 is 1.44 bits per heavy atom. The first kappa shape index (κ1) is 21.3. The molecule has 0 rings (SSSR count). The lowest BCUT2D eigenvalue weighted by Gasteiger charge is -2.04. The second-order valence-electron chi connectivity index (χ2n) is 3.73. The van der Waals surface area contributed by atoms with Crippen molar-refractivity contribution in [2.75, 3.05) is 23.9 Å². The molecule has 0 aliphatic carbocycles. The van der Waals surface area contributed by atoms with Gasteiger partial charge in [-0.15, -0.1) is 0 Å². The topological polar surface area (TPSA) is 26.3 Å². The van der Waals surface area contributed by atoms with Gasteiger partial charge in [-0.1, -0.05) is 49.3 Å². The molecule has 0 spiro atoms. The van der Waals surface area contributed by atoms with Gasteiger partial charge in [0.2, 0.25) is 0 Å². The zero-order valence-corrected chi connectivity index (χ0v) is 15.4. The van der Waals surface area contributed by atoms with Crippen LogP contribution in [0.1, 0.15) is 53.4 Å². The summed E-state index contributed by atoms with van der Waals surface area (Å²) in [6.45, 7) is 8.87. The van der Waals surface area contributed by atoms with E-state index in [4.69, 9.17) is 15.4 Å². The predicted molar refractivity (Wildman–Crippen MR) is 92.4 cm³/mol. The van der Waals surface area contributed by atoms with E-state index in [2.05, 4.69) is 13.8 Å². The number of hydrogen-bond donors (Lipinski definition) is 0. The third-order valence-corrected chi connectivity index (χ3v) is 6.62. The highest BCUT2D eigenvalue weighted by Crippen LogP contribution is 2.21. The molecular formula is C12H28O2S4. The summed E-state index contributed by atoms with van der Waals surface area (Å²) >= 11 is 4.71. The fraction of sp³-hybridized carbons (Fsp3) is 1.00. The van der Waals surface area contributed by atoms with E-state index in [0.717, 1.165) is 12.8 Å². The maximum atomic E-state index is 11.1. The molecule has 0 heterocycles. The highest BCUT2D eigenvalue weighted by molar-refractivity contribution is 8.76. The summed E-state index contributed by atoms with van der Waals surface area (Å²) in [5.74, 6) is 3.12. The average molecular weight is 333 g/mol. The van der Waals surface area contributed by atoms with Gasteiger partial charge in [-0.3, -0.25) is 4.18 Å². The van der Waals surface area contributed by atoms with Crippen molar-refractivity contribution in [1.82, 2.24) is 0 Å². The van der Waals surface area contributed by atoms with Crippen LogP contribution < -0.4 is 0 Å². The van der Waals surface area contributed by atoms with Crippen LogP contribution in [-0.2, 0) is 24.1 Å². The van der Waals surface area contributed by atoms with Gasteiger partial charge in [0.1, 0.15) is 8.77 Å². The SMILES string of the molecule is CCCOS(=O)(=S)CCC.CCCSSCCC. The van der Waals surface area contributed by atoms with Gasteiger partial charge in [0.15, 0.2) is 0 Å². The minimum Gasteiger partial charge on any atom is -0.290 e. The summed E-state index contributed by atoms with van der Waals surface area (Å²) < 4.78 is 16.1. The fourth-order valence-electron chi connectivity index (χ4n) is 0.804. The van der Waals surface area contributed by atoms with Crippen LogP contribution in [0.25, 0.3) is 0 Å². The van der Waals surface area contributed by atoms with Crippen LogP contribution in [-0.4, -0.2) is 28.1 Å². The molecule has 0 N–H and O–H groups in total. The lowest BCUT2D eigenvalue weighted by Crippen LogP contribution is -2.08. The van der Waals surface area contributed by atoms with E-state index in [9.17, 15) is 4.21 Å². The number of hydrogen-bond acceptors (Lipinski definition) is 5. The van der Waals surface area contributed by atoms with Gasteiger partial charge in [0.25, 0.3) is 0 Å². The van der Waals surface area contributed by atoms with Crippen LogP contribution in [0.2, 0.25) is 0 Å². The Bertz CT molecular complexity index is 234. The van der Waals surface area contributed by atoms with Crippen molar-refractivity contribution >= 4 is 41.5 Å². The van der Waals surface area contributed by atoms with Crippen LogP contribution in [0.5, 0.6) is 0 Å². The van der Waals surface area contributed by atoms with Crippen molar-refractivity contribution in [1.29, 1.82) is 0 Å². The molecule has 2 nitrogen and oxygen atoms in total. The molecule has 0 saturated heterocycles. The van der Waals surface area contributed by atoms with E-state index in [1.165, 1.54) is 24.3 Å². The zero-order valence-electron chi connectivity index (χ0n) is 12.1. The van der Waals surface area contributed by atoms with Crippen LogP contribution in [0, 0.1) is 0 Å². The maximum Gasteiger partial charge on any atom is 0.144 e. The van der Waals surface area contributed by atoms with Crippen molar-refractivity contribution in [2.45, 2.75) is 53.4 Å². The Labute approximate surface area is 127 Å². The van der Waals surface area contributed by atoms with Crippen molar-refractivity contribution in [3.8, 4) is 0 Å². The lowest BCUT2D eigenvalue weighted by atomic mass is 10.5. The number of rotatable bonds is 10. The molecule has 1 atom stereocenters. The quantitative estimate of drug-likeness (QED) is 0.428. The van der Waals surface area contributed by atoms with E-state index < -0.39 is 8.77 Å². The van der Waals surface area contributed by atoms with Gasteiger partial charge in [-0.2, -0.15) is 0 Å². The second kappa shape index (κ2) is 16.1. The molecule has 0 aromatic heterocycles. The molecule has 18 heavy (non-hydrogen) atoms. The predicted octanol–water partition coefficient (Wildman–Crippen LogP) is 4.67. The summed E-state index contributed by atoms with van der Waals surface area (Å²) in [5, 5.41) is 0. The average Bonchev–Trinajstić information content (AvgIpc) is 2.33. The van der Waals surface area contributed by atoms with Gasteiger partial charge in [0, 0.05) is 28.4 Å². The van der Waals surface area contributed by atoms with Gasteiger partial charge in [0.05, 0.1) is 6.61 Å². The van der Waals surface area contributed by atoms with Gasteiger partial charge in [-0.05, 0) is 25.7 Å². The normalized spacial score (nSPS) is 13.6. The van der Waals surface area contributed by atoms with Crippen LogP contribution >= 0.6 is 21.6 Å². The zero-order chi connectivity index (χ0) is 14.3. The summed E-state index contributed by atoms with van der Waals surface area (Å²) in [4.78, 5) is 0. The third kappa shape index (κ3) is 19.4. The highest BCUT2D eigenvalue weighted by Gasteiger charge is 2.02. The standard InChI is InChI=1S/C6H14O2S2.C6H14S2/c1-3-5-8-10(7,9)6-4-2;1-3-5-7-8-6-4-2/h3-6H2,1-2H3;3-6H2,1-2H3. The summed E-state index contributed by atoms with van der Waals surface area (Å²) in [7, 11) is 1.63. The summed E-state index contributed by atoms with van der Waals surface area (Å²) in [5.41, 5.74) is 0. The lowest BCUT2D eigenvalue weighted by molar-refractivity contribution is 0.345. The molecule has 0 saturated carbocycles. The molecule has 1 unspecified atom stereocenters. The van der Waals surface area contributed by atoms with Crippen molar-refractivity contribution in [3.63, 3.8) is 0 Å². The molecule has 0 aromatic rings. The highest BCUT2D eigenvalue weighted by atomic mass is 33.1. The fourth-order valence-corrected chi connectivity index (χ4v) is 4.82. The van der Waals surface area contributed by atoms with Crippen molar-refractivity contribution < 1.29 is 8.39 Å². The Morgan fingerprint density at radius 1 is 0.944 bits per heavy atom. The van der Waals surface area contributed by atoms with Crippen molar-refractivity contribution in [3.05, 3.63) is 0 Å². The van der Waals surface area contributed by atoms with Crippen molar-refractivity contribution in [2.24, 2.45) is 0 Å². The Hall–Kier alpha value is 1.03. The van der Waals surface area contributed by atoms with E-state index in [1.807, 2.05) is 35.4 Å². The Balaban J connectivity index is 0. The maximum absolute atomic E-state index is 11.1. The second-order valence-corrected chi connectivity index (χ2v) is 9.71. The molecule has 6 heteroatoms. The monoisotopic (exact) mass is 332 g/mol. The Kier molecular flexibility index (Phi) is 19.1. The molecule has 0 bridgehead atoms. The minimum absolute atomic E-state index is 0.502. The molecule has 0 aromatic carbocycles. The third-order valence-electron chi connectivity index (χ3n) is 1.58. The molecule has 0 aliphatic heterocycles. The first-order valence-corrected chi connectivity index (χ1v) is 11.7. The molecule has 112 valence electrons. The minimum atomic E-state index is -2.36. The molecule has 0 aliphatic rings. The molecular weight excluding hydrogens is 304 g/mol. The first-order chi connectivity index (χ1) is 8.54. The summed E-state index contributed by atoms with van der Waals surface area (Å²) in [6, 6.07) is 0. The smallest absolute Gasteiger partial charge is 0.144 e. The van der Waals surface area contributed by atoms with E-state index in [0.29, 0.717) is 12.4 Å². The van der Waals surface area contributed by atoms with Crippen LogP contribution in [0.15, 0.2) is 0 Å². The van der Waals surface area contributed by atoms with Gasteiger partial charge in [-0.25, -0.2) is 4.21 Å². The summed E-state index contributed by atoms with van der Waals surface area (Å²) in [6.07, 6.45) is 4.31. The van der Waals surface area contributed by atoms with E-state index in [1.54, 1.807) is 0 Å². The molecule has 0 radical (unpaired) electrons. The first-order valence-electron chi connectivity index (χ1n) is 6.65. The van der Waals surface area contributed by atoms with Crippen LogP contribution in [0.3, 0.4) is 0 Å². The van der Waals surface area contributed by atoms with Crippen LogP contribution in [0.4, 0.5) is 0 Å². The van der Waals surface area contributed by atoms with E-state index in [-0.39, 0.29) is 0 Å². The molecule has 0 amide bonds. The Morgan fingerprint density at radius 3 is 1.78 bits per heavy atom. The van der Waals surface area contributed by atoms with Gasteiger partial charge < -0.3 is 0 Å². The largest absolute Gasteiger partial charge is 0.290 e. The van der Waals surface area contributed by atoms with Gasteiger partial charge >= 0.3 is 0 Å². The van der Waals surface area contributed by atoms with E-state index >= 15 is 0 Å². The molecule has 0 fully saturated rings.